The van der Waals surface area contributed by atoms with Gasteiger partial charge in [0.1, 0.15) is 0 Å². The third-order valence-corrected chi connectivity index (χ3v) is 7.47. The summed E-state index contributed by atoms with van der Waals surface area (Å²) in [5, 5.41) is 9.19. The number of rotatable bonds is 9. The fourth-order valence-electron chi connectivity index (χ4n) is 3.71. The van der Waals surface area contributed by atoms with Crippen LogP contribution in [0, 0.1) is 12.8 Å². The molecule has 0 bridgehead atoms. The van der Waals surface area contributed by atoms with E-state index in [-0.39, 0.29) is 11.8 Å². The lowest BCUT2D eigenvalue weighted by atomic mass is 9.96. The lowest BCUT2D eigenvalue weighted by Crippen LogP contribution is -2.40. The second-order valence-corrected chi connectivity index (χ2v) is 9.86. The maximum absolute atomic E-state index is 12.5. The van der Waals surface area contributed by atoms with E-state index in [1.165, 1.54) is 11.1 Å². The summed E-state index contributed by atoms with van der Waals surface area (Å²) in [6, 6.07) is 12.4. The van der Waals surface area contributed by atoms with E-state index in [0.29, 0.717) is 18.3 Å². The number of piperidine rings is 1. The molecule has 164 valence electrons. The zero-order valence-corrected chi connectivity index (χ0v) is 19.4. The van der Waals surface area contributed by atoms with Gasteiger partial charge < -0.3 is 9.84 Å². The highest BCUT2D eigenvalue weighted by molar-refractivity contribution is 7.98. The second-order valence-electron chi connectivity index (χ2n) is 7.81. The predicted molar refractivity (Wildman–Crippen MR) is 126 cm³/mol. The molecule has 1 aliphatic heterocycles. The van der Waals surface area contributed by atoms with E-state index >= 15 is 0 Å². The van der Waals surface area contributed by atoms with E-state index in [4.69, 9.17) is 4.52 Å². The van der Waals surface area contributed by atoms with Crippen molar-refractivity contribution in [2.45, 2.75) is 32.1 Å². The molecule has 0 radical (unpaired) electrons. The Hall–Kier alpha value is -2.16. The zero-order valence-electron chi connectivity index (χ0n) is 17.8. The van der Waals surface area contributed by atoms with Crippen molar-refractivity contribution in [2.75, 3.05) is 25.4 Å². The number of nitrogens with zero attached hydrogens (tertiary/aromatic N) is 3. The predicted octanol–water partition coefficient (Wildman–Crippen LogP) is 4.37. The van der Waals surface area contributed by atoms with Crippen molar-refractivity contribution in [3.63, 3.8) is 0 Å². The number of aromatic nitrogens is 2. The molecule has 0 saturated carbocycles. The van der Waals surface area contributed by atoms with Gasteiger partial charge in [0.05, 0.1) is 11.4 Å². The minimum Gasteiger partial charge on any atom is -0.355 e. The number of amides is 1. The molecule has 1 aromatic carbocycles. The lowest BCUT2D eigenvalue weighted by molar-refractivity contribution is -0.126. The third kappa shape index (κ3) is 6.18. The Morgan fingerprint density at radius 1 is 1.26 bits per heavy atom. The maximum Gasteiger partial charge on any atom is 0.241 e. The van der Waals surface area contributed by atoms with E-state index in [1.807, 2.05) is 29.3 Å². The Kier molecular flexibility index (Phi) is 7.77. The molecule has 1 aliphatic rings. The highest BCUT2D eigenvalue weighted by Crippen LogP contribution is 2.23. The Labute approximate surface area is 191 Å². The van der Waals surface area contributed by atoms with Gasteiger partial charge in [0.15, 0.2) is 0 Å². The number of likely N-dealkylation sites (tertiary alicyclic amines) is 1. The number of benzene rings is 1. The van der Waals surface area contributed by atoms with Crippen LogP contribution in [0.3, 0.4) is 0 Å². The average molecular weight is 457 g/mol. The molecule has 0 unspecified atom stereocenters. The molecule has 1 saturated heterocycles. The van der Waals surface area contributed by atoms with Gasteiger partial charge in [-0.25, -0.2) is 0 Å². The van der Waals surface area contributed by atoms with Crippen LogP contribution >= 0.6 is 23.1 Å². The Morgan fingerprint density at radius 3 is 2.87 bits per heavy atom. The summed E-state index contributed by atoms with van der Waals surface area (Å²) >= 11 is 3.47. The normalized spacial score (nSPS) is 15.3. The van der Waals surface area contributed by atoms with Gasteiger partial charge in [-0.1, -0.05) is 35.5 Å². The highest BCUT2D eigenvalue weighted by Gasteiger charge is 2.25. The van der Waals surface area contributed by atoms with Crippen LogP contribution in [0.25, 0.3) is 10.7 Å². The molecule has 8 heteroatoms. The number of thiophene rings is 1. The number of carbonyl (C=O) groups is 1. The van der Waals surface area contributed by atoms with E-state index in [0.717, 1.165) is 48.9 Å². The van der Waals surface area contributed by atoms with Crippen LogP contribution in [0.4, 0.5) is 0 Å². The highest BCUT2D eigenvalue weighted by atomic mass is 32.2. The van der Waals surface area contributed by atoms with Crippen molar-refractivity contribution < 1.29 is 9.32 Å². The van der Waals surface area contributed by atoms with E-state index in [1.54, 1.807) is 11.3 Å². The van der Waals surface area contributed by atoms with Gasteiger partial charge >= 0.3 is 0 Å². The summed E-state index contributed by atoms with van der Waals surface area (Å²) in [6.07, 6.45) is 1.74. The first-order chi connectivity index (χ1) is 15.2. The minimum atomic E-state index is 0.0991. The van der Waals surface area contributed by atoms with Gasteiger partial charge in [-0.3, -0.25) is 9.69 Å². The molecular formula is C23H28N4O2S2. The number of thioether (sulfide) groups is 1. The summed E-state index contributed by atoms with van der Waals surface area (Å²) in [5.41, 5.74) is 2.70. The summed E-state index contributed by atoms with van der Waals surface area (Å²) in [4.78, 5) is 20.3. The van der Waals surface area contributed by atoms with Crippen molar-refractivity contribution >= 4 is 29.0 Å². The van der Waals surface area contributed by atoms with Crippen molar-refractivity contribution in [1.29, 1.82) is 0 Å². The molecule has 6 nitrogen and oxygen atoms in total. The summed E-state index contributed by atoms with van der Waals surface area (Å²) in [5.74, 6) is 3.50. The minimum absolute atomic E-state index is 0.0991. The number of aryl methyl sites for hydroxylation is 1. The lowest BCUT2D eigenvalue weighted by Gasteiger charge is -2.30. The van der Waals surface area contributed by atoms with Crippen LogP contribution in [0.15, 0.2) is 46.3 Å². The van der Waals surface area contributed by atoms with Gasteiger partial charge in [-0.05, 0) is 55.4 Å². The number of nitrogens with one attached hydrogen (secondary N) is 1. The van der Waals surface area contributed by atoms with Crippen molar-refractivity contribution in [2.24, 2.45) is 5.92 Å². The van der Waals surface area contributed by atoms with Crippen molar-refractivity contribution in [1.82, 2.24) is 20.4 Å². The Balaban J connectivity index is 1.13. The molecule has 1 amide bonds. The molecule has 1 N–H and O–H groups in total. The molecule has 3 aromatic rings. The monoisotopic (exact) mass is 456 g/mol. The van der Waals surface area contributed by atoms with Crippen LogP contribution in [0.1, 0.15) is 29.9 Å². The van der Waals surface area contributed by atoms with E-state index < -0.39 is 0 Å². The van der Waals surface area contributed by atoms with Gasteiger partial charge in [-0.15, -0.1) is 11.3 Å². The zero-order chi connectivity index (χ0) is 21.5. The van der Waals surface area contributed by atoms with Gasteiger partial charge in [-0.2, -0.15) is 16.7 Å². The fourth-order valence-corrected chi connectivity index (χ4v) is 5.30. The molecule has 0 aliphatic carbocycles. The average Bonchev–Trinajstić information content (AvgIpc) is 3.47. The molecule has 0 spiro atoms. The van der Waals surface area contributed by atoms with Gasteiger partial charge in [0.25, 0.3) is 0 Å². The molecule has 1 fully saturated rings. The summed E-state index contributed by atoms with van der Waals surface area (Å²) in [7, 11) is 0. The SMILES string of the molecule is Cc1ccccc1CSCCNC(=O)C1CCN(Cc2nc(-c3cccs3)no2)CC1. The number of carbonyl (C=O) groups excluding carboxylic acids is 1. The Morgan fingerprint density at radius 2 is 2.10 bits per heavy atom. The van der Waals surface area contributed by atoms with Crippen LogP contribution in [0.5, 0.6) is 0 Å². The third-order valence-electron chi connectivity index (χ3n) is 5.59. The first kappa shape index (κ1) is 22.0. The molecule has 4 rings (SSSR count). The molecule has 31 heavy (non-hydrogen) atoms. The van der Waals surface area contributed by atoms with Crippen LogP contribution in [-0.2, 0) is 17.1 Å². The van der Waals surface area contributed by atoms with Crippen LogP contribution < -0.4 is 5.32 Å². The first-order valence-corrected chi connectivity index (χ1v) is 12.7. The molecule has 3 heterocycles. The quantitative estimate of drug-likeness (QED) is 0.482. The van der Waals surface area contributed by atoms with Crippen molar-refractivity contribution in [3.05, 3.63) is 58.8 Å². The van der Waals surface area contributed by atoms with Gasteiger partial charge in [0.2, 0.25) is 17.6 Å². The first-order valence-electron chi connectivity index (χ1n) is 10.7. The number of hydrogen-bond donors (Lipinski definition) is 1. The smallest absolute Gasteiger partial charge is 0.241 e. The summed E-state index contributed by atoms with van der Waals surface area (Å²) < 4.78 is 5.40. The van der Waals surface area contributed by atoms with Crippen LogP contribution in [-0.4, -0.2) is 46.3 Å². The van der Waals surface area contributed by atoms with E-state index in [2.05, 4.69) is 51.5 Å². The maximum atomic E-state index is 12.5. The van der Waals surface area contributed by atoms with Gasteiger partial charge in [0, 0.05) is 24.0 Å². The second kappa shape index (κ2) is 10.9. The molecule has 2 aromatic heterocycles. The van der Waals surface area contributed by atoms with Crippen molar-refractivity contribution in [3.8, 4) is 10.7 Å². The largest absolute Gasteiger partial charge is 0.355 e. The standard InChI is InChI=1S/C23H28N4O2S2/c1-17-5-2-3-6-19(17)16-30-14-10-24-23(28)18-8-11-27(12-9-18)15-21-25-22(26-29-21)20-7-4-13-31-20/h2-7,13,18H,8-12,14-16H2,1H3,(H,24,28). The van der Waals surface area contributed by atoms with E-state index in [9.17, 15) is 4.79 Å². The number of hydrogen-bond acceptors (Lipinski definition) is 7. The molecule has 0 atom stereocenters. The fraction of sp³-hybridized carbons (Fsp3) is 0.435. The topological polar surface area (TPSA) is 71.3 Å². The Bertz CT molecular complexity index is 966. The summed E-state index contributed by atoms with van der Waals surface area (Å²) in [6.45, 7) is 5.25. The molecular weight excluding hydrogens is 428 g/mol. The van der Waals surface area contributed by atoms with Crippen LogP contribution in [0.2, 0.25) is 0 Å².